The number of piperidine rings is 1. The molecule has 2 aliphatic rings. The molecule has 5 heteroatoms. The minimum Gasteiger partial charge on any atom is -0.505 e. The lowest BCUT2D eigenvalue weighted by atomic mass is 9.88. The average molecular weight is 253 g/mol. The number of hydrogen-bond donors (Lipinski definition) is 2. The number of halogens is 1. The van der Waals surface area contributed by atoms with Crippen LogP contribution in [0.1, 0.15) is 24.3 Å². The predicted octanol–water partition coefficient (Wildman–Crippen LogP) is 1.77. The SMILES string of the molecule is Oc1cc2c(c(C3CCNCC3)c1F)OCCO2. The van der Waals surface area contributed by atoms with Crippen LogP contribution in [-0.4, -0.2) is 31.4 Å². The van der Waals surface area contributed by atoms with E-state index in [2.05, 4.69) is 5.32 Å². The fraction of sp³-hybridized carbons (Fsp3) is 0.538. The fourth-order valence-corrected chi connectivity index (χ4v) is 2.65. The minimum absolute atomic E-state index is 0.0776. The Hall–Kier alpha value is -1.49. The van der Waals surface area contributed by atoms with E-state index in [0.29, 0.717) is 30.3 Å². The lowest BCUT2D eigenvalue weighted by Gasteiger charge is -2.28. The molecule has 0 aliphatic carbocycles. The number of hydrogen-bond acceptors (Lipinski definition) is 4. The van der Waals surface area contributed by atoms with Crippen molar-refractivity contribution in [3.8, 4) is 17.2 Å². The molecule has 0 unspecified atom stereocenters. The van der Waals surface area contributed by atoms with Crippen molar-refractivity contribution in [3.63, 3.8) is 0 Å². The Balaban J connectivity index is 2.07. The molecule has 1 aromatic rings. The highest BCUT2D eigenvalue weighted by molar-refractivity contribution is 5.54. The van der Waals surface area contributed by atoms with E-state index in [0.717, 1.165) is 25.9 Å². The summed E-state index contributed by atoms with van der Waals surface area (Å²) in [6.07, 6.45) is 1.69. The number of phenolic OH excluding ortho intramolecular Hbond substituents is 1. The largest absolute Gasteiger partial charge is 0.505 e. The molecule has 2 aliphatic heterocycles. The summed E-state index contributed by atoms with van der Waals surface area (Å²) in [6.45, 7) is 2.57. The molecule has 0 radical (unpaired) electrons. The first-order chi connectivity index (χ1) is 8.77. The molecule has 2 N–H and O–H groups in total. The van der Waals surface area contributed by atoms with Gasteiger partial charge in [-0.25, -0.2) is 4.39 Å². The molecule has 4 nitrogen and oxygen atoms in total. The van der Waals surface area contributed by atoms with Crippen LogP contribution in [0.3, 0.4) is 0 Å². The molecule has 0 bridgehead atoms. The normalized spacial score (nSPS) is 19.8. The summed E-state index contributed by atoms with van der Waals surface area (Å²) < 4.78 is 25.1. The van der Waals surface area contributed by atoms with Gasteiger partial charge in [-0.05, 0) is 31.8 Å². The van der Waals surface area contributed by atoms with Gasteiger partial charge in [0.25, 0.3) is 0 Å². The third-order valence-electron chi connectivity index (χ3n) is 3.53. The lowest BCUT2D eigenvalue weighted by molar-refractivity contribution is 0.166. The quantitative estimate of drug-likeness (QED) is 0.801. The highest BCUT2D eigenvalue weighted by Crippen LogP contribution is 2.45. The summed E-state index contributed by atoms with van der Waals surface area (Å²) in [5.74, 6) is 0.0878. The zero-order valence-electron chi connectivity index (χ0n) is 10.0. The van der Waals surface area contributed by atoms with Gasteiger partial charge >= 0.3 is 0 Å². The van der Waals surface area contributed by atoms with Gasteiger partial charge in [0.1, 0.15) is 13.2 Å². The molecular formula is C13H16FNO3. The van der Waals surface area contributed by atoms with Crippen LogP contribution in [0.5, 0.6) is 17.2 Å². The van der Waals surface area contributed by atoms with Gasteiger partial charge in [0, 0.05) is 11.6 Å². The smallest absolute Gasteiger partial charge is 0.172 e. The average Bonchev–Trinajstić information content (AvgIpc) is 2.41. The summed E-state index contributed by atoms with van der Waals surface area (Å²) in [5.41, 5.74) is 0.478. The first-order valence-corrected chi connectivity index (χ1v) is 6.29. The number of ether oxygens (including phenoxy) is 2. The second kappa shape index (κ2) is 4.65. The molecule has 0 spiro atoms. The van der Waals surface area contributed by atoms with E-state index in [1.807, 2.05) is 0 Å². The number of rotatable bonds is 1. The topological polar surface area (TPSA) is 50.7 Å². The maximum Gasteiger partial charge on any atom is 0.172 e. The van der Waals surface area contributed by atoms with E-state index in [9.17, 15) is 9.50 Å². The molecule has 98 valence electrons. The van der Waals surface area contributed by atoms with E-state index in [1.165, 1.54) is 6.07 Å². The van der Waals surface area contributed by atoms with Crippen molar-refractivity contribution in [2.45, 2.75) is 18.8 Å². The molecule has 2 heterocycles. The number of phenols is 1. The van der Waals surface area contributed by atoms with Crippen molar-refractivity contribution in [2.24, 2.45) is 0 Å². The van der Waals surface area contributed by atoms with Crippen molar-refractivity contribution in [1.29, 1.82) is 0 Å². The maximum absolute atomic E-state index is 14.2. The van der Waals surface area contributed by atoms with Crippen LogP contribution in [0.4, 0.5) is 4.39 Å². The zero-order valence-corrected chi connectivity index (χ0v) is 10.0. The highest BCUT2D eigenvalue weighted by atomic mass is 19.1. The van der Waals surface area contributed by atoms with Crippen LogP contribution in [0.25, 0.3) is 0 Å². The van der Waals surface area contributed by atoms with Gasteiger partial charge in [0.2, 0.25) is 0 Å². The van der Waals surface area contributed by atoms with Gasteiger partial charge in [0.15, 0.2) is 23.1 Å². The molecule has 0 amide bonds. The molecular weight excluding hydrogens is 237 g/mol. The third-order valence-corrected chi connectivity index (χ3v) is 3.53. The van der Waals surface area contributed by atoms with Crippen molar-refractivity contribution in [3.05, 3.63) is 17.4 Å². The van der Waals surface area contributed by atoms with Crippen LogP contribution < -0.4 is 14.8 Å². The van der Waals surface area contributed by atoms with Crippen LogP contribution in [0, 0.1) is 5.82 Å². The second-order valence-electron chi connectivity index (χ2n) is 4.67. The van der Waals surface area contributed by atoms with E-state index in [1.54, 1.807) is 0 Å². The number of fused-ring (bicyclic) bond motifs is 1. The zero-order chi connectivity index (χ0) is 12.5. The Morgan fingerprint density at radius 1 is 1.22 bits per heavy atom. The van der Waals surface area contributed by atoms with E-state index < -0.39 is 5.82 Å². The monoisotopic (exact) mass is 253 g/mol. The van der Waals surface area contributed by atoms with Crippen LogP contribution in [0.15, 0.2) is 6.07 Å². The summed E-state index contributed by atoms with van der Waals surface area (Å²) in [4.78, 5) is 0. The standard InChI is InChI=1S/C13H16FNO3/c14-12-9(16)7-10-13(18-6-5-17-10)11(12)8-1-3-15-4-2-8/h7-8,15-16H,1-6H2. The molecule has 0 saturated carbocycles. The van der Waals surface area contributed by atoms with Gasteiger partial charge in [-0.15, -0.1) is 0 Å². The fourth-order valence-electron chi connectivity index (χ4n) is 2.65. The number of nitrogens with one attached hydrogen (secondary N) is 1. The van der Waals surface area contributed by atoms with Crippen molar-refractivity contribution in [2.75, 3.05) is 26.3 Å². The second-order valence-corrected chi connectivity index (χ2v) is 4.67. The Kier molecular flexibility index (Phi) is 2.99. The van der Waals surface area contributed by atoms with Crippen molar-refractivity contribution in [1.82, 2.24) is 5.32 Å². The summed E-state index contributed by atoms with van der Waals surface area (Å²) in [7, 11) is 0. The van der Waals surface area contributed by atoms with Crippen LogP contribution in [0.2, 0.25) is 0 Å². The van der Waals surface area contributed by atoms with Gasteiger partial charge in [-0.1, -0.05) is 0 Å². The van der Waals surface area contributed by atoms with E-state index >= 15 is 0 Å². The van der Waals surface area contributed by atoms with Crippen molar-refractivity contribution < 1.29 is 19.0 Å². The maximum atomic E-state index is 14.2. The predicted molar refractivity (Wildman–Crippen MR) is 63.9 cm³/mol. The van der Waals surface area contributed by atoms with E-state index in [-0.39, 0.29) is 11.7 Å². The Labute approximate surface area is 105 Å². The van der Waals surface area contributed by atoms with Gasteiger partial charge in [-0.3, -0.25) is 0 Å². The summed E-state index contributed by atoms with van der Waals surface area (Å²) in [6, 6.07) is 1.30. The molecule has 1 aromatic carbocycles. The number of aromatic hydroxyl groups is 1. The highest BCUT2D eigenvalue weighted by Gasteiger charge is 2.29. The lowest BCUT2D eigenvalue weighted by Crippen LogP contribution is -2.28. The molecule has 1 fully saturated rings. The van der Waals surface area contributed by atoms with Crippen LogP contribution in [-0.2, 0) is 0 Å². The first kappa shape index (κ1) is 11.6. The molecule has 3 rings (SSSR count). The minimum atomic E-state index is -0.564. The molecule has 1 saturated heterocycles. The van der Waals surface area contributed by atoms with Gasteiger partial charge < -0.3 is 19.9 Å². The Morgan fingerprint density at radius 2 is 1.94 bits per heavy atom. The molecule has 0 aromatic heterocycles. The third kappa shape index (κ3) is 1.88. The van der Waals surface area contributed by atoms with Crippen LogP contribution >= 0.6 is 0 Å². The summed E-state index contributed by atoms with van der Waals surface area (Å²) >= 11 is 0. The van der Waals surface area contributed by atoms with E-state index in [4.69, 9.17) is 9.47 Å². The molecule has 0 atom stereocenters. The summed E-state index contributed by atoms with van der Waals surface area (Å²) in [5, 5.41) is 12.9. The molecule has 18 heavy (non-hydrogen) atoms. The first-order valence-electron chi connectivity index (χ1n) is 6.29. The Bertz CT molecular complexity index is 458. The Morgan fingerprint density at radius 3 is 2.72 bits per heavy atom. The van der Waals surface area contributed by atoms with Gasteiger partial charge in [-0.2, -0.15) is 0 Å². The number of benzene rings is 1. The van der Waals surface area contributed by atoms with Crippen molar-refractivity contribution >= 4 is 0 Å². The van der Waals surface area contributed by atoms with Gasteiger partial charge in [0.05, 0.1) is 0 Å².